The zero-order chi connectivity index (χ0) is 20.6. The number of carbonyl (C=O) groups excluding carboxylic acids is 1. The van der Waals surface area contributed by atoms with Crippen molar-refractivity contribution >= 4 is 38.6 Å². The van der Waals surface area contributed by atoms with Crippen LogP contribution in [0.2, 0.25) is 0 Å². The van der Waals surface area contributed by atoms with E-state index < -0.39 is 10.0 Å². The summed E-state index contributed by atoms with van der Waals surface area (Å²) in [6, 6.07) is 9.74. The van der Waals surface area contributed by atoms with Crippen LogP contribution in [0.3, 0.4) is 0 Å². The van der Waals surface area contributed by atoms with Crippen molar-refractivity contribution in [2.24, 2.45) is 5.14 Å². The smallest absolute Gasteiger partial charge is 0.238 e. The monoisotopic (exact) mass is 433 g/mol. The van der Waals surface area contributed by atoms with Crippen LogP contribution in [0.5, 0.6) is 11.5 Å². The summed E-state index contributed by atoms with van der Waals surface area (Å²) < 4.78 is 36.1. The molecule has 0 fully saturated rings. The third-order valence-electron chi connectivity index (χ3n) is 4.53. The summed E-state index contributed by atoms with van der Waals surface area (Å²) >= 11 is 1.30. The molecule has 0 aliphatic carbocycles. The number of rotatable bonds is 6. The number of thioether (sulfide) groups is 1. The number of imidazole rings is 1. The summed E-state index contributed by atoms with van der Waals surface area (Å²) in [5.41, 5.74) is 1.85. The molecule has 29 heavy (non-hydrogen) atoms. The van der Waals surface area contributed by atoms with Gasteiger partial charge in [-0.25, -0.2) is 18.5 Å². The topological polar surface area (TPSA) is 114 Å². The van der Waals surface area contributed by atoms with E-state index in [-0.39, 0.29) is 16.4 Å². The molecule has 8 nitrogen and oxygen atoms in total. The van der Waals surface area contributed by atoms with Crippen molar-refractivity contribution in [3.05, 3.63) is 42.0 Å². The Bertz CT molecular complexity index is 1200. The molecule has 1 aliphatic heterocycles. The number of aromatic nitrogens is 2. The SMILES string of the molecule is CCn1c(SCC(=O)c2ccc3c(c2)OCCO3)nc2cc(S(N)(=O)=O)ccc21. The first-order chi connectivity index (χ1) is 13.9. The molecule has 1 aromatic heterocycles. The van der Waals surface area contributed by atoms with Gasteiger partial charge in [0.1, 0.15) is 13.2 Å². The minimum absolute atomic E-state index is 0.00894. The molecule has 0 amide bonds. The molecule has 0 atom stereocenters. The molecule has 0 unspecified atom stereocenters. The highest BCUT2D eigenvalue weighted by molar-refractivity contribution is 7.99. The van der Waals surface area contributed by atoms with Crippen LogP contribution >= 0.6 is 11.8 Å². The maximum Gasteiger partial charge on any atom is 0.238 e. The normalized spacial score (nSPS) is 13.6. The predicted octanol–water partition coefficient (Wildman–Crippen LogP) is 2.45. The Morgan fingerprint density at radius 3 is 2.66 bits per heavy atom. The number of ether oxygens (including phenoxy) is 2. The zero-order valence-corrected chi connectivity index (χ0v) is 17.3. The van der Waals surface area contributed by atoms with Crippen LogP contribution in [0.4, 0.5) is 0 Å². The summed E-state index contributed by atoms with van der Waals surface area (Å²) in [6.45, 7) is 3.55. The maximum atomic E-state index is 12.7. The number of ketones is 1. The third-order valence-corrected chi connectivity index (χ3v) is 6.41. The predicted molar refractivity (Wildman–Crippen MR) is 109 cm³/mol. The minimum Gasteiger partial charge on any atom is -0.486 e. The van der Waals surface area contributed by atoms with Crippen molar-refractivity contribution < 1.29 is 22.7 Å². The molecule has 0 bridgehead atoms. The number of nitrogens with two attached hydrogens (primary N) is 1. The van der Waals surface area contributed by atoms with Crippen LogP contribution < -0.4 is 14.6 Å². The van der Waals surface area contributed by atoms with Gasteiger partial charge in [0.05, 0.1) is 21.7 Å². The number of benzene rings is 2. The van der Waals surface area contributed by atoms with Gasteiger partial charge in [-0.2, -0.15) is 0 Å². The Hall–Kier alpha value is -2.56. The molecule has 3 aromatic rings. The van der Waals surface area contributed by atoms with E-state index in [0.717, 1.165) is 5.52 Å². The first kappa shape index (κ1) is 19.7. The molecule has 0 radical (unpaired) electrons. The van der Waals surface area contributed by atoms with Crippen LogP contribution in [0.25, 0.3) is 11.0 Å². The Labute approximate surface area is 172 Å². The van der Waals surface area contributed by atoms with E-state index in [1.165, 1.54) is 23.9 Å². The summed E-state index contributed by atoms with van der Waals surface area (Å²) in [5.74, 6) is 1.33. The van der Waals surface area contributed by atoms with Crippen molar-refractivity contribution in [3.63, 3.8) is 0 Å². The Morgan fingerprint density at radius 2 is 1.93 bits per heavy atom. The molecule has 0 saturated carbocycles. The van der Waals surface area contributed by atoms with Crippen LogP contribution in [0.1, 0.15) is 17.3 Å². The molecule has 4 rings (SSSR count). The average molecular weight is 434 g/mol. The number of hydrogen-bond acceptors (Lipinski definition) is 7. The van der Waals surface area contributed by atoms with Gasteiger partial charge in [-0.15, -0.1) is 0 Å². The van der Waals surface area contributed by atoms with E-state index in [1.54, 1.807) is 24.3 Å². The first-order valence-corrected chi connectivity index (χ1v) is 11.5. The number of fused-ring (bicyclic) bond motifs is 2. The summed E-state index contributed by atoms with van der Waals surface area (Å²) in [6.07, 6.45) is 0. The Morgan fingerprint density at radius 1 is 1.17 bits per heavy atom. The van der Waals surface area contributed by atoms with Crippen molar-refractivity contribution in [2.75, 3.05) is 19.0 Å². The lowest BCUT2D eigenvalue weighted by Crippen LogP contribution is -2.16. The van der Waals surface area contributed by atoms with E-state index in [4.69, 9.17) is 14.6 Å². The molecular formula is C19H19N3O5S2. The summed E-state index contributed by atoms with van der Waals surface area (Å²) in [7, 11) is -3.81. The van der Waals surface area contributed by atoms with E-state index in [0.29, 0.717) is 47.5 Å². The zero-order valence-electron chi connectivity index (χ0n) is 15.6. The van der Waals surface area contributed by atoms with Crippen LogP contribution in [-0.4, -0.2) is 42.7 Å². The highest BCUT2D eigenvalue weighted by Crippen LogP contribution is 2.32. The lowest BCUT2D eigenvalue weighted by atomic mass is 10.1. The second-order valence-electron chi connectivity index (χ2n) is 6.40. The highest BCUT2D eigenvalue weighted by Gasteiger charge is 2.18. The number of hydrogen-bond donors (Lipinski definition) is 1. The molecule has 2 heterocycles. The van der Waals surface area contributed by atoms with E-state index in [2.05, 4.69) is 4.98 Å². The average Bonchev–Trinajstić information content (AvgIpc) is 3.07. The molecule has 2 N–H and O–H groups in total. The van der Waals surface area contributed by atoms with Gasteiger partial charge in [-0.1, -0.05) is 11.8 Å². The van der Waals surface area contributed by atoms with Crippen molar-refractivity contribution in [3.8, 4) is 11.5 Å². The van der Waals surface area contributed by atoms with Gasteiger partial charge in [0.15, 0.2) is 22.4 Å². The van der Waals surface area contributed by atoms with Gasteiger partial charge < -0.3 is 14.0 Å². The van der Waals surface area contributed by atoms with Crippen molar-refractivity contribution in [1.29, 1.82) is 0 Å². The number of carbonyl (C=O) groups is 1. The first-order valence-electron chi connectivity index (χ1n) is 8.95. The molecule has 0 spiro atoms. The molecule has 10 heteroatoms. The van der Waals surface area contributed by atoms with E-state index in [1.807, 2.05) is 11.5 Å². The second-order valence-corrected chi connectivity index (χ2v) is 8.91. The van der Waals surface area contributed by atoms with Crippen molar-refractivity contribution in [1.82, 2.24) is 9.55 Å². The minimum atomic E-state index is -3.81. The number of sulfonamides is 1. The second kappa shape index (κ2) is 7.69. The van der Waals surface area contributed by atoms with Crippen LogP contribution in [0.15, 0.2) is 46.5 Å². The maximum absolute atomic E-state index is 12.7. The molecule has 1 aliphatic rings. The Balaban J connectivity index is 1.56. The van der Waals surface area contributed by atoms with Crippen molar-refractivity contribution in [2.45, 2.75) is 23.5 Å². The summed E-state index contributed by atoms with van der Waals surface area (Å²) in [4.78, 5) is 17.2. The molecule has 2 aromatic carbocycles. The number of Topliss-reactive ketones (excluding diaryl/α,β-unsaturated/α-hetero) is 1. The van der Waals surface area contributed by atoms with Gasteiger partial charge in [-0.3, -0.25) is 4.79 Å². The van der Waals surface area contributed by atoms with E-state index in [9.17, 15) is 13.2 Å². The van der Waals surface area contributed by atoms with Gasteiger partial charge in [0.25, 0.3) is 0 Å². The summed E-state index contributed by atoms with van der Waals surface area (Å²) in [5, 5.41) is 5.84. The molecule has 152 valence electrons. The van der Waals surface area contributed by atoms with Gasteiger partial charge in [0, 0.05) is 12.1 Å². The largest absolute Gasteiger partial charge is 0.486 e. The van der Waals surface area contributed by atoms with Gasteiger partial charge in [-0.05, 0) is 43.3 Å². The van der Waals surface area contributed by atoms with Crippen LogP contribution in [0, 0.1) is 0 Å². The third kappa shape index (κ3) is 3.96. The highest BCUT2D eigenvalue weighted by atomic mass is 32.2. The lowest BCUT2D eigenvalue weighted by Gasteiger charge is -2.18. The molecular weight excluding hydrogens is 414 g/mol. The number of primary sulfonamides is 1. The fourth-order valence-electron chi connectivity index (χ4n) is 3.11. The number of nitrogens with zero attached hydrogens (tertiary/aromatic N) is 2. The standard InChI is InChI=1S/C19H19N3O5S2/c1-2-22-15-5-4-13(29(20,24)25)10-14(15)21-19(22)28-11-16(23)12-3-6-17-18(9-12)27-8-7-26-17/h3-6,9-10H,2,7-8,11H2,1H3,(H2,20,24,25). The quantitative estimate of drug-likeness (QED) is 0.469. The van der Waals surface area contributed by atoms with Crippen LogP contribution in [-0.2, 0) is 16.6 Å². The fraction of sp³-hybridized carbons (Fsp3) is 0.263. The number of aryl methyl sites for hydroxylation is 1. The van der Waals surface area contributed by atoms with Gasteiger partial charge in [0.2, 0.25) is 10.0 Å². The lowest BCUT2D eigenvalue weighted by molar-refractivity contribution is 0.102. The fourth-order valence-corrected chi connectivity index (χ4v) is 4.62. The molecule has 0 saturated heterocycles. The van der Waals surface area contributed by atoms with Gasteiger partial charge >= 0.3 is 0 Å². The van der Waals surface area contributed by atoms with E-state index >= 15 is 0 Å². The Kier molecular flexibility index (Phi) is 5.24.